The molecule has 1 aliphatic carbocycles. The van der Waals surface area contributed by atoms with Crippen LogP contribution in [0.15, 0.2) is 16.6 Å². The monoisotopic (exact) mass is 319 g/mol. The standard InChI is InChI=1S/C13H16BrClFN/c1-2-17-11-5-3-4-8(11)9-6-7-10(14)12(15)13(9)16/h6-8,11,17H,2-5H2,1H3. The number of hydrogen-bond acceptors (Lipinski definition) is 1. The summed E-state index contributed by atoms with van der Waals surface area (Å²) in [4.78, 5) is 0. The van der Waals surface area contributed by atoms with Gasteiger partial charge in [-0.1, -0.05) is 31.0 Å². The van der Waals surface area contributed by atoms with Crippen LogP contribution in [0.25, 0.3) is 0 Å². The largest absolute Gasteiger partial charge is 0.314 e. The normalized spacial score (nSPS) is 24.2. The molecule has 0 spiro atoms. The minimum atomic E-state index is -0.268. The van der Waals surface area contributed by atoms with Gasteiger partial charge in [0.15, 0.2) is 0 Å². The first-order valence-electron chi connectivity index (χ1n) is 6.02. The molecule has 0 radical (unpaired) electrons. The zero-order valence-electron chi connectivity index (χ0n) is 9.77. The van der Waals surface area contributed by atoms with Gasteiger partial charge < -0.3 is 5.32 Å². The second-order valence-corrected chi connectivity index (χ2v) is 5.70. The van der Waals surface area contributed by atoms with Crippen LogP contribution in [0.4, 0.5) is 4.39 Å². The van der Waals surface area contributed by atoms with Crippen molar-refractivity contribution in [1.82, 2.24) is 5.32 Å². The van der Waals surface area contributed by atoms with E-state index in [2.05, 4.69) is 28.2 Å². The highest BCUT2D eigenvalue weighted by molar-refractivity contribution is 9.10. The molecule has 1 saturated carbocycles. The lowest BCUT2D eigenvalue weighted by atomic mass is 9.93. The van der Waals surface area contributed by atoms with E-state index < -0.39 is 0 Å². The maximum atomic E-state index is 14.1. The summed E-state index contributed by atoms with van der Waals surface area (Å²) in [5.41, 5.74) is 0.752. The first-order chi connectivity index (χ1) is 8.15. The van der Waals surface area contributed by atoms with Crippen LogP contribution in [0.2, 0.25) is 5.02 Å². The van der Waals surface area contributed by atoms with Crippen LogP contribution in [-0.4, -0.2) is 12.6 Å². The molecule has 17 heavy (non-hydrogen) atoms. The summed E-state index contributed by atoms with van der Waals surface area (Å²) in [7, 11) is 0. The lowest BCUT2D eigenvalue weighted by Gasteiger charge is -2.21. The quantitative estimate of drug-likeness (QED) is 0.809. The van der Waals surface area contributed by atoms with Crippen molar-refractivity contribution in [3.8, 4) is 0 Å². The van der Waals surface area contributed by atoms with Gasteiger partial charge in [0, 0.05) is 16.4 Å². The Morgan fingerprint density at radius 2 is 2.24 bits per heavy atom. The molecule has 0 aliphatic heterocycles. The van der Waals surface area contributed by atoms with Crippen molar-refractivity contribution in [2.45, 2.75) is 38.1 Å². The Morgan fingerprint density at radius 1 is 1.47 bits per heavy atom. The molecule has 0 amide bonds. The van der Waals surface area contributed by atoms with E-state index in [1.807, 2.05) is 12.1 Å². The number of benzene rings is 1. The minimum absolute atomic E-state index is 0.199. The SMILES string of the molecule is CCNC1CCCC1c1ccc(Br)c(Cl)c1F. The highest BCUT2D eigenvalue weighted by Crippen LogP contribution is 2.39. The van der Waals surface area contributed by atoms with Gasteiger partial charge in [0.25, 0.3) is 0 Å². The predicted molar refractivity (Wildman–Crippen MR) is 73.2 cm³/mol. The Morgan fingerprint density at radius 3 is 2.94 bits per heavy atom. The third kappa shape index (κ3) is 2.67. The Balaban J connectivity index is 2.30. The third-order valence-electron chi connectivity index (χ3n) is 3.45. The van der Waals surface area contributed by atoms with Gasteiger partial charge in [-0.2, -0.15) is 0 Å². The highest BCUT2D eigenvalue weighted by Gasteiger charge is 2.30. The fourth-order valence-corrected chi connectivity index (χ4v) is 3.14. The molecule has 1 nitrogen and oxygen atoms in total. The van der Waals surface area contributed by atoms with Crippen molar-refractivity contribution in [2.24, 2.45) is 0 Å². The molecule has 2 unspecified atom stereocenters. The Kier molecular flexibility index (Phi) is 4.45. The molecule has 2 rings (SSSR count). The molecule has 1 aromatic carbocycles. The van der Waals surface area contributed by atoms with Gasteiger partial charge >= 0.3 is 0 Å². The summed E-state index contributed by atoms with van der Waals surface area (Å²) < 4.78 is 14.8. The van der Waals surface area contributed by atoms with E-state index in [1.165, 1.54) is 0 Å². The van der Waals surface area contributed by atoms with Crippen molar-refractivity contribution in [2.75, 3.05) is 6.54 Å². The van der Waals surface area contributed by atoms with Gasteiger partial charge in [0.2, 0.25) is 0 Å². The lowest BCUT2D eigenvalue weighted by Crippen LogP contribution is -2.31. The summed E-state index contributed by atoms with van der Waals surface area (Å²) in [6.45, 7) is 3.01. The molecule has 1 aromatic rings. The first kappa shape index (κ1) is 13.3. The maximum absolute atomic E-state index is 14.1. The van der Waals surface area contributed by atoms with Crippen LogP contribution >= 0.6 is 27.5 Å². The molecule has 0 saturated heterocycles. The average Bonchev–Trinajstić information content (AvgIpc) is 2.75. The summed E-state index contributed by atoms with van der Waals surface area (Å²) in [6.07, 6.45) is 3.30. The Bertz CT molecular complexity index is 411. The summed E-state index contributed by atoms with van der Waals surface area (Å²) >= 11 is 9.19. The van der Waals surface area contributed by atoms with E-state index >= 15 is 0 Å². The first-order valence-corrected chi connectivity index (χ1v) is 7.19. The molecule has 4 heteroatoms. The van der Waals surface area contributed by atoms with Gasteiger partial charge in [0.05, 0.1) is 5.02 Å². The van der Waals surface area contributed by atoms with Crippen molar-refractivity contribution in [3.05, 3.63) is 33.0 Å². The topological polar surface area (TPSA) is 12.0 Å². The van der Waals surface area contributed by atoms with Crippen molar-refractivity contribution in [3.63, 3.8) is 0 Å². The fraction of sp³-hybridized carbons (Fsp3) is 0.538. The number of halogens is 3. The van der Waals surface area contributed by atoms with Crippen LogP contribution in [-0.2, 0) is 0 Å². The molecule has 0 bridgehead atoms. The van der Waals surface area contributed by atoms with Crippen LogP contribution in [0.1, 0.15) is 37.7 Å². The van der Waals surface area contributed by atoms with Crippen LogP contribution in [0.3, 0.4) is 0 Å². The second-order valence-electron chi connectivity index (χ2n) is 4.47. The molecule has 0 aromatic heterocycles. The molecular weight excluding hydrogens is 305 g/mol. The van der Waals surface area contributed by atoms with Crippen LogP contribution < -0.4 is 5.32 Å². The smallest absolute Gasteiger partial charge is 0.146 e. The molecular formula is C13H16BrClFN. The van der Waals surface area contributed by atoms with Gasteiger partial charge in [-0.25, -0.2) is 4.39 Å². The number of hydrogen-bond donors (Lipinski definition) is 1. The van der Waals surface area contributed by atoms with Gasteiger partial charge in [-0.3, -0.25) is 0 Å². The highest BCUT2D eigenvalue weighted by atomic mass is 79.9. The Hall–Kier alpha value is -0.120. The zero-order chi connectivity index (χ0) is 12.4. The number of likely N-dealkylation sites (N-methyl/N-ethyl adjacent to an activating group) is 1. The van der Waals surface area contributed by atoms with E-state index in [1.54, 1.807) is 0 Å². The Labute approximate surface area is 115 Å². The molecule has 94 valence electrons. The number of nitrogens with one attached hydrogen (secondary N) is 1. The fourth-order valence-electron chi connectivity index (χ4n) is 2.67. The summed E-state index contributed by atoms with van der Waals surface area (Å²) in [6, 6.07) is 4.07. The van der Waals surface area contributed by atoms with Crippen LogP contribution in [0, 0.1) is 5.82 Å². The third-order valence-corrected chi connectivity index (χ3v) is 4.71. The van der Waals surface area contributed by atoms with E-state index in [0.29, 0.717) is 10.5 Å². The minimum Gasteiger partial charge on any atom is -0.314 e. The lowest BCUT2D eigenvalue weighted by molar-refractivity contribution is 0.475. The van der Waals surface area contributed by atoms with Gasteiger partial charge in [-0.05, 0) is 46.9 Å². The second kappa shape index (κ2) is 5.68. The molecule has 1 N–H and O–H groups in total. The van der Waals surface area contributed by atoms with Crippen molar-refractivity contribution >= 4 is 27.5 Å². The van der Waals surface area contributed by atoms with E-state index in [0.717, 1.165) is 31.4 Å². The summed E-state index contributed by atoms with van der Waals surface area (Å²) in [5.74, 6) is -0.0172. The van der Waals surface area contributed by atoms with Gasteiger partial charge in [-0.15, -0.1) is 0 Å². The predicted octanol–water partition coefficient (Wildman–Crippen LogP) is 4.49. The van der Waals surface area contributed by atoms with Crippen molar-refractivity contribution < 1.29 is 4.39 Å². The van der Waals surface area contributed by atoms with Crippen molar-refractivity contribution in [1.29, 1.82) is 0 Å². The molecule has 1 aliphatic rings. The summed E-state index contributed by atoms with van der Waals surface area (Å²) in [5, 5.41) is 3.63. The molecule has 1 fully saturated rings. The van der Waals surface area contributed by atoms with Crippen LogP contribution in [0.5, 0.6) is 0 Å². The zero-order valence-corrected chi connectivity index (χ0v) is 12.1. The maximum Gasteiger partial charge on any atom is 0.146 e. The van der Waals surface area contributed by atoms with E-state index in [4.69, 9.17) is 11.6 Å². The van der Waals surface area contributed by atoms with Gasteiger partial charge in [0.1, 0.15) is 5.82 Å². The van der Waals surface area contributed by atoms with E-state index in [-0.39, 0.29) is 16.8 Å². The van der Waals surface area contributed by atoms with E-state index in [9.17, 15) is 4.39 Å². The average molecular weight is 321 g/mol. The molecule has 2 atom stereocenters. The number of rotatable bonds is 3. The molecule has 0 heterocycles.